The van der Waals surface area contributed by atoms with E-state index in [1.165, 1.54) is 26.4 Å². The number of hydrogen-bond acceptors (Lipinski definition) is 5. The molecule has 0 aliphatic carbocycles. The van der Waals surface area contributed by atoms with Crippen LogP contribution in [0.25, 0.3) is 0 Å². The summed E-state index contributed by atoms with van der Waals surface area (Å²) < 4.78 is 10.2. The zero-order valence-corrected chi connectivity index (χ0v) is 10.8. The number of aromatic amines is 1. The van der Waals surface area contributed by atoms with Gasteiger partial charge in [0.1, 0.15) is 5.69 Å². The largest absolute Gasteiger partial charge is 0.493 e. The van der Waals surface area contributed by atoms with Crippen LogP contribution < -0.4 is 9.47 Å². The van der Waals surface area contributed by atoms with Gasteiger partial charge in [-0.1, -0.05) is 0 Å². The average Bonchev–Trinajstić information content (AvgIpc) is 2.95. The van der Waals surface area contributed by atoms with Crippen molar-refractivity contribution in [1.82, 2.24) is 9.97 Å². The van der Waals surface area contributed by atoms with Gasteiger partial charge in [-0.05, 0) is 18.2 Å². The number of methoxy groups -OCH3 is 2. The van der Waals surface area contributed by atoms with Crippen molar-refractivity contribution in [1.29, 1.82) is 0 Å². The number of carbonyl (C=O) groups is 2. The zero-order valence-electron chi connectivity index (χ0n) is 10.8. The molecule has 0 spiro atoms. The normalized spacial score (nSPS) is 10.1. The van der Waals surface area contributed by atoms with Crippen LogP contribution in [0.3, 0.4) is 0 Å². The summed E-state index contributed by atoms with van der Waals surface area (Å²) in [7, 11) is 2.93. The second-order valence-corrected chi connectivity index (χ2v) is 3.83. The Morgan fingerprint density at radius 1 is 1.20 bits per heavy atom. The minimum atomic E-state index is -1.24. The molecule has 0 radical (unpaired) electrons. The van der Waals surface area contributed by atoms with E-state index in [2.05, 4.69) is 9.97 Å². The minimum Gasteiger partial charge on any atom is -0.493 e. The van der Waals surface area contributed by atoms with Crippen molar-refractivity contribution < 1.29 is 24.2 Å². The van der Waals surface area contributed by atoms with Gasteiger partial charge in [-0.2, -0.15) is 0 Å². The van der Waals surface area contributed by atoms with Crippen molar-refractivity contribution in [3.63, 3.8) is 0 Å². The summed E-state index contributed by atoms with van der Waals surface area (Å²) in [5.74, 6) is -0.897. The molecule has 0 aliphatic heterocycles. The van der Waals surface area contributed by atoms with E-state index >= 15 is 0 Å². The third-order valence-corrected chi connectivity index (χ3v) is 2.71. The van der Waals surface area contributed by atoms with Gasteiger partial charge in [0.25, 0.3) is 0 Å². The maximum absolute atomic E-state index is 12.3. The number of carbonyl (C=O) groups excluding carboxylic acids is 1. The fourth-order valence-corrected chi connectivity index (χ4v) is 1.74. The Kier molecular flexibility index (Phi) is 3.69. The number of carboxylic acids is 1. The molecule has 20 heavy (non-hydrogen) atoms. The molecule has 1 aromatic heterocycles. The number of imidazole rings is 1. The van der Waals surface area contributed by atoms with Gasteiger partial charge in [0.2, 0.25) is 5.78 Å². The van der Waals surface area contributed by atoms with Crippen LogP contribution in [0.2, 0.25) is 0 Å². The van der Waals surface area contributed by atoms with E-state index in [1.807, 2.05) is 0 Å². The number of nitrogens with zero attached hydrogens (tertiary/aromatic N) is 1. The minimum absolute atomic E-state index is 0.148. The molecule has 7 nitrogen and oxygen atoms in total. The summed E-state index contributed by atoms with van der Waals surface area (Å²) in [5, 5.41) is 8.97. The van der Waals surface area contributed by atoms with Crippen LogP contribution in [0.15, 0.2) is 24.5 Å². The van der Waals surface area contributed by atoms with Gasteiger partial charge >= 0.3 is 5.97 Å². The standard InChI is InChI=1S/C13H12N2O5/c1-19-8-4-3-7(5-9(8)20-2)12(16)10-11(13(17)18)15-6-14-10/h3-6H,1-2H3,(H,14,15)(H,17,18). The second-order valence-electron chi connectivity index (χ2n) is 3.83. The fraction of sp³-hybridized carbons (Fsp3) is 0.154. The molecule has 0 amide bonds. The Labute approximate surface area is 114 Å². The molecule has 1 aromatic carbocycles. The number of benzene rings is 1. The van der Waals surface area contributed by atoms with Gasteiger partial charge in [0.05, 0.1) is 20.5 Å². The Balaban J connectivity index is 2.43. The van der Waals surface area contributed by atoms with E-state index in [-0.39, 0.29) is 17.0 Å². The average molecular weight is 276 g/mol. The van der Waals surface area contributed by atoms with Crippen LogP contribution in [0.4, 0.5) is 0 Å². The highest BCUT2D eigenvalue weighted by Crippen LogP contribution is 2.28. The van der Waals surface area contributed by atoms with Crippen LogP contribution in [0.5, 0.6) is 11.5 Å². The quantitative estimate of drug-likeness (QED) is 0.799. The molecule has 2 aromatic rings. The van der Waals surface area contributed by atoms with E-state index in [9.17, 15) is 9.59 Å². The molecular formula is C13H12N2O5. The number of hydrogen-bond donors (Lipinski definition) is 2. The maximum Gasteiger partial charge on any atom is 0.354 e. The van der Waals surface area contributed by atoms with Crippen molar-refractivity contribution in [3.8, 4) is 11.5 Å². The monoisotopic (exact) mass is 276 g/mol. The summed E-state index contributed by atoms with van der Waals surface area (Å²) in [5.41, 5.74) is -0.133. The molecule has 0 bridgehead atoms. The number of ketones is 1. The predicted molar refractivity (Wildman–Crippen MR) is 68.5 cm³/mol. The molecule has 7 heteroatoms. The number of rotatable bonds is 5. The highest BCUT2D eigenvalue weighted by Gasteiger charge is 2.22. The van der Waals surface area contributed by atoms with E-state index in [0.29, 0.717) is 11.5 Å². The third-order valence-electron chi connectivity index (χ3n) is 2.71. The topological polar surface area (TPSA) is 102 Å². The first kappa shape index (κ1) is 13.6. The number of H-pyrrole nitrogens is 1. The lowest BCUT2D eigenvalue weighted by molar-refractivity contribution is 0.0687. The molecular weight excluding hydrogens is 264 g/mol. The molecule has 0 saturated carbocycles. The first-order valence-corrected chi connectivity index (χ1v) is 5.62. The highest BCUT2D eigenvalue weighted by atomic mass is 16.5. The summed E-state index contributed by atoms with van der Waals surface area (Å²) >= 11 is 0. The molecule has 0 fully saturated rings. The van der Waals surface area contributed by atoms with E-state index in [1.54, 1.807) is 6.07 Å². The molecule has 104 valence electrons. The van der Waals surface area contributed by atoms with E-state index in [4.69, 9.17) is 14.6 Å². The van der Waals surface area contributed by atoms with Crippen LogP contribution in [0.1, 0.15) is 26.5 Å². The summed E-state index contributed by atoms with van der Waals surface area (Å²) in [6.45, 7) is 0. The van der Waals surface area contributed by atoms with Crippen LogP contribution in [-0.2, 0) is 0 Å². The SMILES string of the molecule is COc1ccc(C(=O)c2nc[nH]c2C(=O)O)cc1OC. The van der Waals surface area contributed by atoms with Crippen molar-refractivity contribution in [2.45, 2.75) is 0 Å². The van der Waals surface area contributed by atoms with Gasteiger partial charge < -0.3 is 19.6 Å². The summed E-state index contributed by atoms with van der Waals surface area (Å²) in [6, 6.07) is 4.56. The number of aromatic nitrogens is 2. The molecule has 0 saturated heterocycles. The number of ether oxygens (including phenoxy) is 2. The first-order valence-electron chi connectivity index (χ1n) is 5.62. The molecule has 2 rings (SSSR count). The van der Waals surface area contributed by atoms with Crippen LogP contribution in [0, 0.1) is 0 Å². The summed E-state index contributed by atoms with van der Waals surface area (Å²) in [4.78, 5) is 29.4. The molecule has 0 unspecified atom stereocenters. The zero-order chi connectivity index (χ0) is 14.7. The third kappa shape index (κ3) is 2.33. The lowest BCUT2D eigenvalue weighted by atomic mass is 10.1. The highest BCUT2D eigenvalue weighted by molar-refractivity contribution is 6.12. The predicted octanol–water partition coefficient (Wildman–Crippen LogP) is 1.36. The van der Waals surface area contributed by atoms with Gasteiger partial charge in [0.15, 0.2) is 17.2 Å². The second kappa shape index (κ2) is 5.43. The Bertz CT molecular complexity index is 663. The number of nitrogens with one attached hydrogen (secondary N) is 1. The molecule has 0 atom stereocenters. The number of aromatic carboxylic acids is 1. The Morgan fingerprint density at radius 2 is 1.90 bits per heavy atom. The van der Waals surface area contributed by atoms with Crippen molar-refractivity contribution in [2.24, 2.45) is 0 Å². The first-order chi connectivity index (χ1) is 9.58. The van der Waals surface area contributed by atoms with E-state index in [0.717, 1.165) is 6.33 Å². The maximum atomic E-state index is 12.3. The molecule has 1 heterocycles. The van der Waals surface area contributed by atoms with E-state index < -0.39 is 11.8 Å². The Morgan fingerprint density at radius 3 is 2.50 bits per heavy atom. The Hall–Kier alpha value is -2.83. The van der Waals surface area contributed by atoms with Crippen molar-refractivity contribution >= 4 is 11.8 Å². The number of carboxylic acid groups (broad SMARTS) is 1. The fourth-order valence-electron chi connectivity index (χ4n) is 1.74. The summed E-state index contributed by atoms with van der Waals surface area (Å²) in [6.07, 6.45) is 1.16. The lowest BCUT2D eigenvalue weighted by Crippen LogP contribution is -2.09. The van der Waals surface area contributed by atoms with Gasteiger partial charge in [0, 0.05) is 5.56 Å². The van der Waals surface area contributed by atoms with Gasteiger partial charge in [-0.3, -0.25) is 4.79 Å². The molecule has 2 N–H and O–H groups in total. The van der Waals surface area contributed by atoms with Gasteiger partial charge in [-0.15, -0.1) is 0 Å². The lowest BCUT2D eigenvalue weighted by Gasteiger charge is -2.08. The smallest absolute Gasteiger partial charge is 0.354 e. The van der Waals surface area contributed by atoms with Crippen LogP contribution in [-0.4, -0.2) is 41.0 Å². The molecule has 0 aliphatic rings. The van der Waals surface area contributed by atoms with Crippen molar-refractivity contribution in [3.05, 3.63) is 41.5 Å². The van der Waals surface area contributed by atoms with Gasteiger partial charge in [-0.25, -0.2) is 9.78 Å². The van der Waals surface area contributed by atoms with Crippen LogP contribution >= 0.6 is 0 Å². The van der Waals surface area contributed by atoms with Crippen molar-refractivity contribution in [2.75, 3.05) is 14.2 Å².